The van der Waals surface area contributed by atoms with Crippen molar-refractivity contribution in [2.75, 3.05) is 6.61 Å². The lowest BCUT2D eigenvalue weighted by Crippen LogP contribution is -2.37. The van der Waals surface area contributed by atoms with Gasteiger partial charge in [-0.15, -0.1) is 5.92 Å². The Balaban J connectivity index is 2.40. The Labute approximate surface area is 78.1 Å². The molecule has 3 nitrogen and oxygen atoms in total. The molecule has 72 valence electrons. The van der Waals surface area contributed by atoms with Crippen LogP contribution in [0.15, 0.2) is 0 Å². The molecule has 1 saturated carbocycles. The van der Waals surface area contributed by atoms with Gasteiger partial charge in [0, 0.05) is 0 Å². The fourth-order valence-electron chi connectivity index (χ4n) is 1.47. The van der Waals surface area contributed by atoms with Crippen LogP contribution in [0.2, 0.25) is 0 Å². The van der Waals surface area contributed by atoms with Crippen molar-refractivity contribution in [2.24, 2.45) is 0 Å². The highest BCUT2D eigenvalue weighted by molar-refractivity contribution is 5.79. The molecule has 3 heteroatoms. The van der Waals surface area contributed by atoms with Crippen LogP contribution < -0.4 is 0 Å². The number of esters is 1. The second-order valence-corrected chi connectivity index (χ2v) is 3.24. The molecule has 1 fully saturated rings. The molecular weight excluding hydrogens is 168 g/mol. The molecule has 0 aromatic carbocycles. The second kappa shape index (κ2) is 4.29. The molecule has 0 spiro atoms. The van der Waals surface area contributed by atoms with Crippen molar-refractivity contribution in [2.45, 2.75) is 38.2 Å². The maximum Gasteiger partial charge on any atom is 0.339 e. The SMILES string of the molecule is CC#CCOC(=O)C1(O)CCCC1. The van der Waals surface area contributed by atoms with Crippen LogP contribution in [0.5, 0.6) is 0 Å². The van der Waals surface area contributed by atoms with Crippen molar-refractivity contribution in [3.05, 3.63) is 0 Å². The summed E-state index contributed by atoms with van der Waals surface area (Å²) in [6.45, 7) is 1.76. The normalized spacial score (nSPS) is 18.9. The van der Waals surface area contributed by atoms with E-state index in [0.29, 0.717) is 12.8 Å². The summed E-state index contributed by atoms with van der Waals surface area (Å²) >= 11 is 0. The van der Waals surface area contributed by atoms with E-state index >= 15 is 0 Å². The van der Waals surface area contributed by atoms with Gasteiger partial charge < -0.3 is 9.84 Å². The Morgan fingerprint density at radius 1 is 1.54 bits per heavy atom. The van der Waals surface area contributed by atoms with Crippen molar-refractivity contribution < 1.29 is 14.6 Å². The van der Waals surface area contributed by atoms with Crippen LogP contribution in [0.25, 0.3) is 0 Å². The Morgan fingerprint density at radius 2 is 2.15 bits per heavy atom. The Hall–Kier alpha value is -1.01. The number of hydrogen-bond acceptors (Lipinski definition) is 3. The van der Waals surface area contributed by atoms with Gasteiger partial charge in [-0.3, -0.25) is 0 Å². The van der Waals surface area contributed by atoms with E-state index in [1.54, 1.807) is 6.92 Å². The number of ether oxygens (including phenoxy) is 1. The maximum atomic E-state index is 11.3. The van der Waals surface area contributed by atoms with Crippen molar-refractivity contribution in [3.63, 3.8) is 0 Å². The molecule has 0 aliphatic heterocycles. The number of rotatable bonds is 2. The summed E-state index contributed by atoms with van der Waals surface area (Å²) in [6.07, 6.45) is 2.83. The highest BCUT2D eigenvalue weighted by atomic mass is 16.5. The molecule has 0 radical (unpaired) electrons. The van der Waals surface area contributed by atoms with Crippen LogP contribution in [0.1, 0.15) is 32.6 Å². The molecule has 0 saturated heterocycles. The lowest BCUT2D eigenvalue weighted by Gasteiger charge is -2.18. The van der Waals surface area contributed by atoms with Crippen LogP contribution in [0.4, 0.5) is 0 Å². The van der Waals surface area contributed by atoms with Gasteiger partial charge in [0.25, 0.3) is 0 Å². The van der Waals surface area contributed by atoms with Crippen LogP contribution in [0, 0.1) is 11.8 Å². The van der Waals surface area contributed by atoms with E-state index in [4.69, 9.17) is 4.74 Å². The molecule has 0 aromatic rings. The zero-order valence-corrected chi connectivity index (χ0v) is 7.80. The van der Waals surface area contributed by atoms with E-state index in [-0.39, 0.29) is 6.61 Å². The third-order valence-electron chi connectivity index (χ3n) is 2.26. The first kappa shape index (κ1) is 10.1. The van der Waals surface area contributed by atoms with Gasteiger partial charge in [-0.1, -0.05) is 5.92 Å². The van der Waals surface area contributed by atoms with Gasteiger partial charge in [0.1, 0.15) is 0 Å². The predicted molar refractivity (Wildman–Crippen MR) is 47.8 cm³/mol. The third kappa shape index (κ3) is 2.46. The predicted octanol–water partition coefficient (Wildman–Crippen LogP) is 0.858. The van der Waals surface area contributed by atoms with Crippen LogP contribution in [-0.2, 0) is 9.53 Å². The molecular formula is C10H14O3. The van der Waals surface area contributed by atoms with Crippen molar-refractivity contribution in [3.8, 4) is 11.8 Å². The summed E-state index contributed by atoms with van der Waals surface area (Å²) in [4.78, 5) is 11.3. The van der Waals surface area contributed by atoms with Crippen molar-refractivity contribution in [1.82, 2.24) is 0 Å². The first-order chi connectivity index (χ1) is 6.19. The van der Waals surface area contributed by atoms with Crippen LogP contribution in [-0.4, -0.2) is 23.3 Å². The molecule has 1 aliphatic rings. The first-order valence-electron chi connectivity index (χ1n) is 4.48. The topological polar surface area (TPSA) is 46.5 Å². The molecule has 13 heavy (non-hydrogen) atoms. The lowest BCUT2D eigenvalue weighted by molar-refractivity contribution is -0.163. The van der Waals surface area contributed by atoms with Gasteiger partial charge in [0.15, 0.2) is 12.2 Å². The summed E-state index contributed by atoms with van der Waals surface area (Å²) in [7, 11) is 0. The van der Waals surface area contributed by atoms with E-state index in [1.165, 1.54) is 0 Å². The van der Waals surface area contributed by atoms with Gasteiger partial charge in [0.2, 0.25) is 0 Å². The van der Waals surface area contributed by atoms with Gasteiger partial charge in [-0.2, -0.15) is 0 Å². The lowest BCUT2D eigenvalue weighted by atomic mass is 10.0. The largest absolute Gasteiger partial charge is 0.450 e. The van der Waals surface area contributed by atoms with E-state index < -0.39 is 11.6 Å². The van der Waals surface area contributed by atoms with E-state index in [0.717, 1.165) is 12.8 Å². The molecule has 0 unspecified atom stereocenters. The van der Waals surface area contributed by atoms with Gasteiger partial charge in [-0.25, -0.2) is 4.79 Å². The molecule has 0 bridgehead atoms. The summed E-state index contributed by atoms with van der Waals surface area (Å²) < 4.78 is 4.81. The minimum absolute atomic E-state index is 0.0810. The number of carbonyl (C=O) groups excluding carboxylic acids is 1. The van der Waals surface area contributed by atoms with Crippen LogP contribution in [0.3, 0.4) is 0 Å². The fraction of sp³-hybridized carbons (Fsp3) is 0.700. The average molecular weight is 182 g/mol. The molecule has 1 rings (SSSR count). The summed E-state index contributed by atoms with van der Waals surface area (Å²) in [5.74, 6) is 4.71. The second-order valence-electron chi connectivity index (χ2n) is 3.24. The van der Waals surface area contributed by atoms with Crippen molar-refractivity contribution in [1.29, 1.82) is 0 Å². The van der Waals surface area contributed by atoms with E-state index in [1.807, 2.05) is 0 Å². The number of hydrogen-bond donors (Lipinski definition) is 1. The monoisotopic (exact) mass is 182 g/mol. The Morgan fingerprint density at radius 3 is 2.69 bits per heavy atom. The minimum atomic E-state index is -1.23. The zero-order chi connectivity index (χ0) is 9.73. The standard InChI is InChI=1S/C10H14O3/c1-2-3-8-13-9(11)10(12)6-4-5-7-10/h12H,4-8H2,1H3. The average Bonchev–Trinajstić information content (AvgIpc) is 2.54. The minimum Gasteiger partial charge on any atom is -0.450 e. The Kier molecular flexibility index (Phi) is 3.32. The molecule has 1 aliphatic carbocycles. The van der Waals surface area contributed by atoms with Gasteiger partial charge in [-0.05, 0) is 32.6 Å². The third-order valence-corrected chi connectivity index (χ3v) is 2.26. The quantitative estimate of drug-likeness (QED) is 0.509. The zero-order valence-electron chi connectivity index (χ0n) is 7.80. The smallest absolute Gasteiger partial charge is 0.339 e. The van der Waals surface area contributed by atoms with Gasteiger partial charge >= 0.3 is 5.97 Å². The maximum absolute atomic E-state index is 11.3. The summed E-state index contributed by atoms with van der Waals surface area (Å²) in [5.41, 5.74) is -1.23. The molecule has 0 heterocycles. The van der Waals surface area contributed by atoms with Crippen molar-refractivity contribution >= 4 is 5.97 Å². The molecule has 0 aromatic heterocycles. The molecule has 1 N–H and O–H groups in total. The van der Waals surface area contributed by atoms with E-state index in [2.05, 4.69) is 11.8 Å². The highest BCUT2D eigenvalue weighted by Gasteiger charge is 2.40. The van der Waals surface area contributed by atoms with Gasteiger partial charge in [0.05, 0.1) is 0 Å². The summed E-state index contributed by atoms with van der Waals surface area (Å²) in [5, 5.41) is 9.74. The summed E-state index contributed by atoms with van der Waals surface area (Å²) in [6, 6.07) is 0. The van der Waals surface area contributed by atoms with Crippen LogP contribution >= 0.6 is 0 Å². The Bertz CT molecular complexity index is 241. The molecule has 0 atom stereocenters. The fourth-order valence-corrected chi connectivity index (χ4v) is 1.47. The number of carbonyl (C=O) groups is 1. The highest BCUT2D eigenvalue weighted by Crippen LogP contribution is 2.30. The van der Waals surface area contributed by atoms with E-state index in [9.17, 15) is 9.90 Å². The first-order valence-corrected chi connectivity index (χ1v) is 4.48. The molecule has 0 amide bonds. The number of aliphatic hydroxyl groups is 1.